The van der Waals surface area contributed by atoms with Gasteiger partial charge in [0.2, 0.25) is 0 Å². The number of carbonyl (C=O) groups is 1. The molecule has 4 aromatic rings. The van der Waals surface area contributed by atoms with Crippen molar-refractivity contribution in [3.63, 3.8) is 0 Å². The molecule has 1 fully saturated rings. The standard InChI is InChI=1S/C27H27ClN4O5S/c1-16-25-20(27(33)29-14-18-6-4-5-7-21(18)28)13-22(17-8-9-23(36-2)24(12-17)37-3)30-26(25)32(31-16)19-10-11-38(34,35)15-19/h4-9,12-13,19H,10-11,14-15H2,1-3H3,(H,29,33). The van der Waals surface area contributed by atoms with E-state index >= 15 is 0 Å². The number of amides is 1. The average Bonchev–Trinajstić information content (AvgIpc) is 3.45. The molecule has 1 unspecified atom stereocenters. The molecule has 1 amide bonds. The molecule has 5 rings (SSSR count). The number of hydrogen-bond donors (Lipinski definition) is 1. The average molecular weight is 555 g/mol. The summed E-state index contributed by atoms with van der Waals surface area (Å²) in [5.41, 5.74) is 3.45. The number of ether oxygens (including phenoxy) is 2. The first-order chi connectivity index (χ1) is 18.2. The van der Waals surface area contributed by atoms with Gasteiger partial charge in [-0.1, -0.05) is 29.8 Å². The number of rotatable bonds is 7. The van der Waals surface area contributed by atoms with Gasteiger partial charge in [-0.25, -0.2) is 18.1 Å². The minimum atomic E-state index is -3.16. The maximum atomic E-state index is 13.6. The Bertz CT molecular complexity index is 1650. The molecule has 2 aromatic heterocycles. The molecule has 0 saturated carbocycles. The third-order valence-corrected chi connectivity index (χ3v) is 8.83. The van der Waals surface area contributed by atoms with E-state index in [0.717, 1.165) is 5.56 Å². The highest BCUT2D eigenvalue weighted by atomic mass is 35.5. The lowest BCUT2D eigenvalue weighted by Gasteiger charge is -2.14. The molecule has 11 heteroatoms. The van der Waals surface area contributed by atoms with Crippen molar-refractivity contribution in [1.29, 1.82) is 0 Å². The van der Waals surface area contributed by atoms with Crippen LogP contribution in [0.1, 0.15) is 34.1 Å². The van der Waals surface area contributed by atoms with E-state index in [1.54, 1.807) is 50.1 Å². The minimum Gasteiger partial charge on any atom is -0.493 e. The van der Waals surface area contributed by atoms with Crippen LogP contribution in [0.2, 0.25) is 5.02 Å². The summed E-state index contributed by atoms with van der Waals surface area (Å²) in [4.78, 5) is 18.4. The van der Waals surface area contributed by atoms with Crippen LogP contribution in [0.5, 0.6) is 11.5 Å². The van der Waals surface area contributed by atoms with Crippen molar-refractivity contribution in [1.82, 2.24) is 20.1 Å². The molecule has 0 radical (unpaired) electrons. The van der Waals surface area contributed by atoms with Gasteiger partial charge in [0, 0.05) is 17.1 Å². The number of sulfone groups is 1. The zero-order valence-electron chi connectivity index (χ0n) is 21.2. The van der Waals surface area contributed by atoms with Crippen LogP contribution in [0, 0.1) is 6.92 Å². The van der Waals surface area contributed by atoms with Gasteiger partial charge in [0.1, 0.15) is 0 Å². The van der Waals surface area contributed by atoms with Gasteiger partial charge in [-0.05, 0) is 49.2 Å². The van der Waals surface area contributed by atoms with Gasteiger partial charge in [-0.15, -0.1) is 0 Å². The summed E-state index contributed by atoms with van der Waals surface area (Å²) < 4.78 is 37.0. The quantitative estimate of drug-likeness (QED) is 0.361. The maximum Gasteiger partial charge on any atom is 0.252 e. The Labute approximate surface area is 225 Å². The molecule has 1 aliphatic rings. The SMILES string of the molecule is COc1ccc(-c2cc(C(=O)NCc3ccccc3Cl)c3c(C)nn(C4CCS(=O)(=O)C4)c3n2)cc1OC. The van der Waals surface area contributed by atoms with Crippen LogP contribution >= 0.6 is 11.6 Å². The molecule has 2 aromatic carbocycles. The van der Waals surface area contributed by atoms with Gasteiger partial charge in [0.15, 0.2) is 27.0 Å². The fraction of sp³-hybridized carbons (Fsp3) is 0.296. The molecular weight excluding hydrogens is 528 g/mol. The smallest absolute Gasteiger partial charge is 0.252 e. The predicted molar refractivity (Wildman–Crippen MR) is 146 cm³/mol. The number of pyridine rings is 1. The van der Waals surface area contributed by atoms with E-state index in [1.807, 2.05) is 24.3 Å². The van der Waals surface area contributed by atoms with E-state index in [-0.39, 0.29) is 30.0 Å². The molecule has 1 atom stereocenters. The minimum absolute atomic E-state index is 0.0144. The third kappa shape index (κ3) is 4.93. The van der Waals surface area contributed by atoms with E-state index in [1.165, 1.54) is 0 Å². The summed E-state index contributed by atoms with van der Waals surface area (Å²) in [6, 6.07) is 14.0. The van der Waals surface area contributed by atoms with Crippen molar-refractivity contribution in [2.75, 3.05) is 25.7 Å². The van der Waals surface area contributed by atoms with Crippen LogP contribution in [-0.2, 0) is 16.4 Å². The highest BCUT2D eigenvalue weighted by Gasteiger charge is 2.32. The second-order valence-corrected chi connectivity index (χ2v) is 11.8. The van der Waals surface area contributed by atoms with E-state index in [0.29, 0.717) is 56.5 Å². The summed E-state index contributed by atoms with van der Waals surface area (Å²) in [7, 11) is -0.0604. The highest BCUT2D eigenvalue weighted by molar-refractivity contribution is 7.91. The molecule has 198 valence electrons. The third-order valence-electron chi connectivity index (χ3n) is 6.71. The molecular formula is C27H27ClN4O5S. The number of benzene rings is 2. The Hall–Kier alpha value is -3.63. The number of hydrogen-bond acceptors (Lipinski definition) is 7. The van der Waals surface area contributed by atoms with Crippen molar-refractivity contribution in [2.45, 2.75) is 25.9 Å². The largest absolute Gasteiger partial charge is 0.493 e. The highest BCUT2D eigenvalue weighted by Crippen LogP contribution is 2.35. The fourth-order valence-corrected chi connectivity index (χ4v) is 6.67. The maximum absolute atomic E-state index is 13.6. The molecule has 0 spiro atoms. The molecule has 3 heterocycles. The summed E-state index contributed by atoms with van der Waals surface area (Å²) >= 11 is 6.29. The first-order valence-electron chi connectivity index (χ1n) is 12.0. The zero-order valence-corrected chi connectivity index (χ0v) is 22.8. The lowest BCUT2D eigenvalue weighted by Crippen LogP contribution is -2.23. The van der Waals surface area contributed by atoms with Crippen molar-refractivity contribution in [3.05, 3.63) is 70.4 Å². The van der Waals surface area contributed by atoms with Crippen LogP contribution in [-0.4, -0.2) is 54.8 Å². The Kier molecular flexibility index (Phi) is 7.02. The lowest BCUT2D eigenvalue weighted by atomic mass is 10.0. The second kappa shape index (κ2) is 10.3. The van der Waals surface area contributed by atoms with E-state index in [4.69, 9.17) is 26.1 Å². The van der Waals surface area contributed by atoms with Crippen molar-refractivity contribution in [3.8, 4) is 22.8 Å². The monoisotopic (exact) mass is 554 g/mol. The number of nitrogens with one attached hydrogen (secondary N) is 1. The second-order valence-electron chi connectivity index (χ2n) is 9.18. The molecule has 1 aliphatic heterocycles. The van der Waals surface area contributed by atoms with Crippen LogP contribution in [0.15, 0.2) is 48.5 Å². The van der Waals surface area contributed by atoms with Gasteiger partial charge in [-0.3, -0.25) is 4.79 Å². The molecule has 9 nitrogen and oxygen atoms in total. The first-order valence-corrected chi connectivity index (χ1v) is 14.2. The number of aryl methyl sites for hydroxylation is 1. The van der Waals surface area contributed by atoms with Gasteiger partial charge in [0.05, 0.1) is 54.1 Å². The number of aromatic nitrogens is 3. The van der Waals surface area contributed by atoms with Gasteiger partial charge in [-0.2, -0.15) is 5.10 Å². The van der Waals surface area contributed by atoms with Gasteiger partial charge in [0.25, 0.3) is 5.91 Å². The van der Waals surface area contributed by atoms with Gasteiger partial charge < -0.3 is 14.8 Å². The van der Waals surface area contributed by atoms with Crippen molar-refractivity contribution >= 4 is 38.4 Å². The van der Waals surface area contributed by atoms with Crippen LogP contribution in [0.4, 0.5) is 0 Å². The van der Waals surface area contributed by atoms with Crippen LogP contribution in [0.25, 0.3) is 22.3 Å². The molecule has 1 N–H and O–H groups in total. The van der Waals surface area contributed by atoms with Crippen molar-refractivity contribution in [2.24, 2.45) is 0 Å². The summed E-state index contributed by atoms with van der Waals surface area (Å²) in [6.07, 6.45) is 0.439. The number of nitrogens with zero attached hydrogens (tertiary/aromatic N) is 3. The number of halogens is 1. The summed E-state index contributed by atoms with van der Waals surface area (Å²) in [5.74, 6) is 0.842. The molecule has 38 heavy (non-hydrogen) atoms. The Morgan fingerprint density at radius 1 is 1.13 bits per heavy atom. The Morgan fingerprint density at radius 2 is 1.89 bits per heavy atom. The lowest BCUT2D eigenvalue weighted by molar-refractivity contribution is 0.0952. The zero-order chi connectivity index (χ0) is 27.0. The van der Waals surface area contributed by atoms with Crippen LogP contribution < -0.4 is 14.8 Å². The summed E-state index contributed by atoms with van der Waals surface area (Å²) in [5, 5.41) is 8.75. The van der Waals surface area contributed by atoms with E-state index in [9.17, 15) is 13.2 Å². The van der Waals surface area contributed by atoms with E-state index in [2.05, 4.69) is 10.4 Å². The number of carbonyl (C=O) groups excluding carboxylic acids is 1. The Morgan fingerprint density at radius 3 is 2.58 bits per heavy atom. The summed E-state index contributed by atoms with van der Waals surface area (Å²) in [6.45, 7) is 2.03. The Balaban J connectivity index is 1.64. The topological polar surface area (TPSA) is 112 Å². The van der Waals surface area contributed by atoms with E-state index < -0.39 is 9.84 Å². The fourth-order valence-electron chi connectivity index (χ4n) is 4.77. The predicted octanol–water partition coefficient (Wildman–Crippen LogP) is 4.37. The first kappa shape index (κ1) is 26.0. The molecule has 1 saturated heterocycles. The number of methoxy groups -OCH3 is 2. The van der Waals surface area contributed by atoms with Crippen molar-refractivity contribution < 1.29 is 22.7 Å². The van der Waals surface area contributed by atoms with Gasteiger partial charge >= 0.3 is 0 Å². The molecule has 0 bridgehead atoms. The molecule has 0 aliphatic carbocycles. The number of fused-ring (bicyclic) bond motifs is 1. The van der Waals surface area contributed by atoms with Crippen LogP contribution in [0.3, 0.4) is 0 Å². The normalized spacial score (nSPS) is 16.5.